The van der Waals surface area contributed by atoms with Crippen LogP contribution >= 0.6 is 0 Å². The zero-order valence-electron chi connectivity index (χ0n) is 11.8. The van der Waals surface area contributed by atoms with Crippen molar-refractivity contribution in [2.75, 3.05) is 53.5 Å². The highest BCUT2D eigenvalue weighted by Crippen LogP contribution is 2.31. The molecule has 0 bridgehead atoms. The highest BCUT2D eigenvalue weighted by molar-refractivity contribution is 5.75. The first kappa shape index (κ1) is 13.6. The van der Waals surface area contributed by atoms with E-state index in [1.807, 2.05) is 19.0 Å². The van der Waals surface area contributed by atoms with Crippen molar-refractivity contribution in [3.63, 3.8) is 0 Å². The summed E-state index contributed by atoms with van der Waals surface area (Å²) in [6.45, 7) is 7.42. The van der Waals surface area contributed by atoms with Crippen molar-refractivity contribution in [3.8, 4) is 0 Å². The molecule has 0 aromatic heterocycles. The zero-order chi connectivity index (χ0) is 13.2. The van der Waals surface area contributed by atoms with Gasteiger partial charge in [-0.1, -0.05) is 6.92 Å². The lowest BCUT2D eigenvalue weighted by Gasteiger charge is -2.45. The van der Waals surface area contributed by atoms with E-state index >= 15 is 0 Å². The SMILES string of the molecule is CCCN1CCC2(COCCN2C(=O)N(C)C)C1. The number of hydrogen-bond acceptors (Lipinski definition) is 3. The molecule has 2 rings (SSSR count). The number of amides is 2. The van der Waals surface area contributed by atoms with Gasteiger partial charge in [0.05, 0.1) is 18.8 Å². The molecule has 1 atom stereocenters. The Bertz CT molecular complexity index is 309. The van der Waals surface area contributed by atoms with E-state index in [-0.39, 0.29) is 11.6 Å². The van der Waals surface area contributed by atoms with Crippen LogP contribution in [0.1, 0.15) is 19.8 Å². The number of ether oxygens (including phenoxy) is 1. The van der Waals surface area contributed by atoms with Gasteiger partial charge in [0.25, 0.3) is 0 Å². The minimum absolute atomic E-state index is 0.0885. The topological polar surface area (TPSA) is 36.0 Å². The summed E-state index contributed by atoms with van der Waals surface area (Å²) in [6.07, 6.45) is 2.20. The van der Waals surface area contributed by atoms with Gasteiger partial charge in [0.1, 0.15) is 0 Å². The van der Waals surface area contributed by atoms with Gasteiger partial charge in [0.15, 0.2) is 0 Å². The molecule has 2 aliphatic heterocycles. The van der Waals surface area contributed by atoms with Crippen LogP contribution in [0.4, 0.5) is 4.79 Å². The Labute approximate surface area is 110 Å². The number of urea groups is 1. The fourth-order valence-electron chi connectivity index (χ4n) is 3.06. The standard InChI is InChI=1S/C13H25N3O2/c1-4-6-15-7-5-13(10-15)11-18-9-8-16(13)12(17)14(2)3/h4-11H2,1-3H3. The molecular formula is C13H25N3O2. The summed E-state index contributed by atoms with van der Waals surface area (Å²) in [7, 11) is 3.65. The highest BCUT2D eigenvalue weighted by atomic mass is 16.5. The van der Waals surface area contributed by atoms with Crippen molar-refractivity contribution in [2.45, 2.75) is 25.3 Å². The minimum atomic E-state index is -0.0885. The molecule has 5 heteroatoms. The van der Waals surface area contributed by atoms with Crippen LogP contribution in [0, 0.1) is 0 Å². The summed E-state index contributed by atoms with van der Waals surface area (Å²) in [4.78, 5) is 18.5. The fourth-order valence-corrected chi connectivity index (χ4v) is 3.06. The molecule has 5 nitrogen and oxygen atoms in total. The minimum Gasteiger partial charge on any atom is -0.377 e. The Balaban J connectivity index is 2.10. The summed E-state index contributed by atoms with van der Waals surface area (Å²) in [5, 5.41) is 0. The molecule has 2 saturated heterocycles. The molecule has 1 spiro atoms. The van der Waals surface area contributed by atoms with Crippen LogP contribution in [0.5, 0.6) is 0 Å². The van der Waals surface area contributed by atoms with Crippen LogP contribution in [0.25, 0.3) is 0 Å². The third-order valence-electron chi connectivity index (χ3n) is 3.97. The Morgan fingerprint density at radius 3 is 2.83 bits per heavy atom. The van der Waals surface area contributed by atoms with Crippen molar-refractivity contribution in [1.29, 1.82) is 0 Å². The van der Waals surface area contributed by atoms with Gasteiger partial charge in [0.2, 0.25) is 0 Å². The fraction of sp³-hybridized carbons (Fsp3) is 0.923. The predicted octanol–water partition coefficient (Wildman–Crippen LogP) is 0.855. The second-order valence-corrected chi connectivity index (χ2v) is 5.63. The lowest BCUT2D eigenvalue weighted by molar-refractivity contribution is -0.0450. The van der Waals surface area contributed by atoms with Gasteiger partial charge in [-0.2, -0.15) is 0 Å². The smallest absolute Gasteiger partial charge is 0.320 e. The van der Waals surface area contributed by atoms with Crippen molar-refractivity contribution in [3.05, 3.63) is 0 Å². The molecule has 1 unspecified atom stereocenters. The van der Waals surface area contributed by atoms with Gasteiger partial charge in [-0.15, -0.1) is 0 Å². The lowest BCUT2D eigenvalue weighted by atomic mass is 9.96. The third kappa shape index (κ3) is 2.47. The summed E-state index contributed by atoms with van der Waals surface area (Å²) >= 11 is 0. The Kier molecular flexibility index (Phi) is 4.12. The Morgan fingerprint density at radius 2 is 2.17 bits per heavy atom. The van der Waals surface area contributed by atoms with E-state index in [1.165, 1.54) is 6.42 Å². The van der Waals surface area contributed by atoms with Crippen LogP contribution in [0.15, 0.2) is 0 Å². The second kappa shape index (κ2) is 5.45. The van der Waals surface area contributed by atoms with Gasteiger partial charge in [-0.3, -0.25) is 0 Å². The number of carbonyl (C=O) groups is 1. The normalized spacial score (nSPS) is 28.9. The Morgan fingerprint density at radius 1 is 1.39 bits per heavy atom. The molecule has 0 aliphatic carbocycles. The van der Waals surface area contributed by atoms with E-state index in [1.54, 1.807) is 4.90 Å². The van der Waals surface area contributed by atoms with Crippen LogP contribution in [0.2, 0.25) is 0 Å². The molecule has 0 aromatic carbocycles. The third-order valence-corrected chi connectivity index (χ3v) is 3.97. The molecule has 0 radical (unpaired) electrons. The molecule has 2 heterocycles. The van der Waals surface area contributed by atoms with Crippen LogP contribution in [0.3, 0.4) is 0 Å². The van der Waals surface area contributed by atoms with E-state index in [2.05, 4.69) is 11.8 Å². The van der Waals surface area contributed by atoms with Crippen molar-refractivity contribution in [1.82, 2.24) is 14.7 Å². The second-order valence-electron chi connectivity index (χ2n) is 5.63. The maximum atomic E-state index is 12.3. The van der Waals surface area contributed by atoms with Crippen LogP contribution in [-0.2, 0) is 4.74 Å². The van der Waals surface area contributed by atoms with Crippen molar-refractivity contribution >= 4 is 6.03 Å². The first-order chi connectivity index (χ1) is 8.59. The molecule has 2 fully saturated rings. The number of likely N-dealkylation sites (tertiary alicyclic amines) is 1. The molecule has 104 valence electrons. The first-order valence-electron chi connectivity index (χ1n) is 6.88. The average molecular weight is 255 g/mol. The van der Waals surface area contributed by atoms with E-state index in [4.69, 9.17) is 4.74 Å². The highest BCUT2D eigenvalue weighted by Gasteiger charge is 2.47. The summed E-state index contributed by atoms with van der Waals surface area (Å²) in [6, 6.07) is 0.122. The molecule has 2 amide bonds. The van der Waals surface area contributed by atoms with Crippen molar-refractivity contribution in [2.24, 2.45) is 0 Å². The van der Waals surface area contributed by atoms with Gasteiger partial charge in [-0.25, -0.2) is 4.79 Å². The molecule has 18 heavy (non-hydrogen) atoms. The molecule has 0 aromatic rings. The summed E-state index contributed by atoms with van der Waals surface area (Å²) < 4.78 is 5.65. The molecule has 0 N–H and O–H groups in total. The lowest BCUT2D eigenvalue weighted by Crippen LogP contribution is -2.62. The maximum absolute atomic E-state index is 12.3. The maximum Gasteiger partial charge on any atom is 0.320 e. The van der Waals surface area contributed by atoms with E-state index in [0.717, 1.165) is 32.6 Å². The molecular weight excluding hydrogens is 230 g/mol. The zero-order valence-corrected chi connectivity index (χ0v) is 11.8. The summed E-state index contributed by atoms with van der Waals surface area (Å²) in [5.41, 5.74) is -0.0885. The average Bonchev–Trinajstić information content (AvgIpc) is 2.73. The molecule has 0 saturated carbocycles. The number of morpholine rings is 1. The van der Waals surface area contributed by atoms with Crippen molar-refractivity contribution < 1.29 is 9.53 Å². The number of carbonyl (C=O) groups excluding carboxylic acids is 1. The van der Waals surface area contributed by atoms with E-state index < -0.39 is 0 Å². The van der Waals surface area contributed by atoms with Gasteiger partial charge in [0, 0.05) is 33.7 Å². The van der Waals surface area contributed by atoms with E-state index in [9.17, 15) is 4.79 Å². The number of rotatable bonds is 2. The monoisotopic (exact) mass is 255 g/mol. The largest absolute Gasteiger partial charge is 0.377 e. The van der Waals surface area contributed by atoms with Gasteiger partial charge >= 0.3 is 6.03 Å². The quantitative estimate of drug-likeness (QED) is 0.734. The van der Waals surface area contributed by atoms with Crippen LogP contribution in [-0.4, -0.2) is 79.8 Å². The summed E-state index contributed by atoms with van der Waals surface area (Å²) in [5.74, 6) is 0. The molecule has 2 aliphatic rings. The Hall–Kier alpha value is -0.810. The van der Waals surface area contributed by atoms with E-state index in [0.29, 0.717) is 13.2 Å². The van der Waals surface area contributed by atoms with Gasteiger partial charge in [-0.05, 0) is 19.4 Å². The number of nitrogens with zero attached hydrogens (tertiary/aromatic N) is 3. The van der Waals surface area contributed by atoms with Crippen LogP contribution < -0.4 is 0 Å². The van der Waals surface area contributed by atoms with Gasteiger partial charge < -0.3 is 19.4 Å². The number of hydrogen-bond donors (Lipinski definition) is 0. The predicted molar refractivity (Wildman–Crippen MR) is 70.7 cm³/mol. The first-order valence-corrected chi connectivity index (χ1v) is 6.88.